The molecular weight excluding hydrogens is 314 g/mol. The number of anilines is 2. The van der Waals surface area contributed by atoms with E-state index in [0.29, 0.717) is 25.0 Å². The first kappa shape index (κ1) is 18.3. The Balaban J connectivity index is 1.57. The van der Waals surface area contributed by atoms with Gasteiger partial charge in [0.2, 0.25) is 0 Å². The van der Waals surface area contributed by atoms with Crippen LogP contribution in [0, 0.1) is 0 Å². The Morgan fingerprint density at radius 2 is 1.08 bits per heavy atom. The van der Waals surface area contributed by atoms with Gasteiger partial charge in [0.15, 0.2) is 11.9 Å². The molecule has 0 heterocycles. The minimum atomic E-state index is 0.405. The zero-order valence-electron chi connectivity index (χ0n) is 14.2. The predicted molar refractivity (Wildman–Crippen MR) is 106 cm³/mol. The molecule has 0 saturated heterocycles. The van der Waals surface area contributed by atoms with Crippen LogP contribution in [-0.2, 0) is 0 Å². The van der Waals surface area contributed by atoms with E-state index in [9.17, 15) is 0 Å². The molecule has 0 radical (unpaired) electrons. The number of hydrogen-bond acceptors (Lipinski definition) is 3. The maximum Gasteiger partial charge on any atom is 0.193 e. The summed E-state index contributed by atoms with van der Waals surface area (Å²) in [5, 5.41) is 9.31. The summed E-state index contributed by atoms with van der Waals surface area (Å²) in [6.45, 7) is 2.62. The molecule has 0 bridgehead atoms. The second kappa shape index (κ2) is 10.7. The van der Waals surface area contributed by atoms with Crippen molar-refractivity contribution < 1.29 is 0 Å². The van der Waals surface area contributed by atoms with E-state index in [2.05, 4.69) is 25.9 Å². The summed E-state index contributed by atoms with van der Waals surface area (Å²) in [7, 11) is 0. The quantitative estimate of drug-likeness (QED) is 0.284. The molecule has 7 N–H and O–H groups in total. The zero-order chi connectivity index (χ0) is 17.7. The molecule has 0 fully saturated rings. The van der Waals surface area contributed by atoms with Crippen LogP contribution in [0.25, 0.3) is 0 Å². The van der Waals surface area contributed by atoms with Crippen molar-refractivity contribution in [3.8, 4) is 0 Å². The van der Waals surface area contributed by atoms with Crippen LogP contribution in [0.15, 0.2) is 70.6 Å². The van der Waals surface area contributed by atoms with Gasteiger partial charge in [0, 0.05) is 24.5 Å². The minimum absolute atomic E-state index is 0.405. The van der Waals surface area contributed by atoms with Crippen molar-refractivity contribution in [2.24, 2.45) is 21.5 Å². The minimum Gasteiger partial charge on any atom is -0.370 e. The summed E-state index contributed by atoms with van der Waals surface area (Å²) in [4.78, 5) is 8.51. The molecule has 2 aromatic rings. The van der Waals surface area contributed by atoms with E-state index in [1.165, 1.54) is 0 Å². The first-order chi connectivity index (χ1) is 12.2. The van der Waals surface area contributed by atoms with E-state index in [4.69, 9.17) is 11.5 Å². The van der Waals surface area contributed by atoms with Gasteiger partial charge in [-0.25, -0.2) is 0 Å². The van der Waals surface area contributed by atoms with Crippen LogP contribution in [0.1, 0.15) is 0 Å². The summed E-state index contributed by atoms with van der Waals surface area (Å²) in [5.41, 5.74) is 13.5. The van der Waals surface area contributed by atoms with Crippen molar-refractivity contribution in [2.75, 3.05) is 36.8 Å². The fourth-order valence-electron chi connectivity index (χ4n) is 2.05. The molecule has 0 aliphatic rings. The lowest BCUT2D eigenvalue weighted by Gasteiger charge is -2.06. The average Bonchev–Trinajstić information content (AvgIpc) is 2.62. The third kappa shape index (κ3) is 7.85. The maximum atomic E-state index is 5.82. The summed E-state index contributed by atoms with van der Waals surface area (Å²) in [5.74, 6) is 0.810. The van der Waals surface area contributed by atoms with E-state index >= 15 is 0 Å². The van der Waals surface area contributed by atoms with Gasteiger partial charge < -0.3 is 27.4 Å². The molecule has 0 saturated carbocycles. The van der Waals surface area contributed by atoms with Crippen LogP contribution in [0.5, 0.6) is 0 Å². The molecule has 0 aromatic heterocycles. The van der Waals surface area contributed by atoms with Crippen LogP contribution in [0.4, 0.5) is 11.4 Å². The van der Waals surface area contributed by atoms with Gasteiger partial charge in [-0.05, 0) is 24.3 Å². The lowest BCUT2D eigenvalue weighted by atomic mass is 10.3. The lowest BCUT2D eigenvalue weighted by Crippen LogP contribution is -2.27. The van der Waals surface area contributed by atoms with E-state index in [1.807, 2.05) is 60.7 Å². The highest BCUT2D eigenvalue weighted by Gasteiger charge is 1.94. The SMILES string of the molecule is NC(=NCCNCCN=C(N)Nc1ccccc1)Nc1ccccc1. The number of nitrogens with zero attached hydrogens (tertiary/aromatic N) is 2. The Hall–Kier alpha value is -3.06. The van der Waals surface area contributed by atoms with E-state index in [-0.39, 0.29) is 0 Å². The highest BCUT2D eigenvalue weighted by Crippen LogP contribution is 2.04. The summed E-state index contributed by atoms with van der Waals surface area (Å²) >= 11 is 0. The van der Waals surface area contributed by atoms with Gasteiger partial charge in [0.1, 0.15) is 0 Å². The van der Waals surface area contributed by atoms with Gasteiger partial charge in [-0.3, -0.25) is 9.98 Å². The molecule has 0 spiro atoms. The highest BCUT2D eigenvalue weighted by atomic mass is 15.1. The van der Waals surface area contributed by atoms with Gasteiger partial charge >= 0.3 is 0 Å². The molecule has 0 amide bonds. The monoisotopic (exact) mass is 339 g/mol. The zero-order valence-corrected chi connectivity index (χ0v) is 14.2. The van der Waals surface area contributed by atoms with E-state index in [0.717, 1.165) is 24.5 Å². The number of aliphatic imine (C=N–C) groups is 2. The van der Waals surface area contributed by atoms with Crippen molar-refractivity contribution in [3.63, 3.8) is 0 Å². The molecule has 0 aliphatic heterocycles. The van der Waals surface area contributed by atoms with Gasteiger partial charge in [0.05, 0.1) is 13.1 Å². The van der Waals surface area contributed by atoms with Crippen LogP contribution in [-0.4, -0.2) is 38.1 Å². The van der Waals surface area contributed by atoms with Crippen molar-refractivity contribution in [1.29, 1.82) is 0 Å². The Labute approximate surface area is 148 Å². The third-order valence-corrected chi connectivity index (χ3v) is 3.23. The van der Waals surface area contributed by atoms with E-state index in [1.54, 1.807) is 0 Å². The molecule has 7 nitrogen and oxygen atoms in total. The number of rotatable bonds is 8. The number of hydrogen-bond donors (Lipinski definition) is 5. The van der Waals surface area contributed by atoms with Crippen LogP contribution < -0.4 is 27.4 Å². The van der Waals surface area contributed by atoms with Crippen molar-refractivity contribution in [3.05, 3.63) is 60.7 Å². The number of para-hydroxylation sites is 2. The summed E-state index contributed by atoms with van der Waals surface area (Å²) in [6.07, 6.45) is 0. The van der Waals surface area contributed by atoms with Gasteiger partial charge in [-0.1, -0.05) is 36.4 Å². The lowest BCUT2D eigenvalue weighted by molar-refractivity contribution is 0.697. The molecule has 0 aliphatic carbocycles. The van der Waals surface area contributed by atoms with Gasteiger partial charge in [0.25, 0.3) is 0 Å². The topological polar surface area (TPSA) is 113 Å². The van der Waals surface area contributed by atoms with Gasteiger partial charge in [-0.2, -0.15) is 0 Å². The molecule has 7 heteroatoms. The molecule has 25 heavy (non-hydrogen) atoms. The van der Waals surface area contributed by atoms with Gasteiger partial charge in [-0.15, -0.1) is 0 Å². The largest absolute Gasteiger partial charge is 0.370 e. The first-order valence-electron chi connectivity index (χ1n) is 8.19. The number of benzene rings is 2. The molecule has 2 rings (SSSR count). The molecule has 0 atom stereocenters. The van der Waals surface area contributed by atoms with Crippen LogP contribution in [0.2, 0.25) is 0 Å². The fourth-order valence-corrected chi connectivity index (χ4v) is 2.05. The predicted octanol–water partition coefficient (Wildman–Crippen LogP) is 1.43. The Morgan fingerprint density at radius 1 is 0.680 bits per heavy atom. The van der Waals surface area contributed by atoms with Crippen LogP contribution in [0.3, 0.4) is 0 Å². The first-order valence-corrected chi connectivity index (χ1v) is 8.19. The molecular formula is C18H25N7. The highest BCUT2D eigenvalue weighted by molar-refractivity contribution is 5.92. The summed E-state index contributed by atoms with van der Waals surface area (Å²) in [6, 6.07) is 19.4. The maximum absolute atomic E-state index is 5.82. The smallest absolute Gasteiger partial charge is 0.193 e. The molecule has 0 unspecified atom stereocenters. The van der Waals surface area contributed by atoms with Crippen LogP contribution >= 0.6 is 0 Å². The average molecular weight is 339 g/mol. The fraction of sp³-hybridized carbons (Fsp3) is 0.222. The van der Waals surface area contributed by atoms with Crippen molar-refractivity contribution in [2.45, 2.75) is 0 Å². The second-order valence-corrected chi connectivity index (χ2v) is 5.27. The standard InChI is InChI=1S/C18H25N7/c19-17(24-15-7-3-1-4-8-15)22-13-11-21-12-14-23-18(20)25-16-9-5-2-6-10-16/h1-10,21H,11-14H2,(H3,19,22,24)(H3,20,23,25). The number of nitrogens with two attached hydrogens (primary N) is 2. The Kier molecular flexibility index (Phi) is 7.80. The Bertz CT molecular complexity index is 609. The Morgan fingerprint density at radius 3 is 1.48 bits per heavy atom. The normalized spacial score (nSPS) is 12.0. The van der Waals surface area contributed by atoms with Crippen molar-refractivity contribution >= 4 is 23.3 Å². The second-order valence-electron chi connectivity index (χ2n) is 5.27. The number of guanidine groups is 2. The summed E-state index contributed by atoms with van der Waals surface area (Å²) < 4.78 is 0. The molecule has 2 aromatic carbocycles. The van der Waals surface area contributed by atoms with Crippen molar-refractivity contribution in [1.82, 2.24) is 5.32 Å². The van der Waals surface area contributed by atoms with E-state index < -0.39 is 0 Å². The number of nitrogens with one attached hydrogen (secondary N) is 3. The third-order valence-electron chi connectivity index (χ3n) is 3.23. The molecule has 132 valence electrons.